The van der Waals surface area contributed by atoms with Crippen molar-refractivity contribution in [3.05, 3.63) is 36.4 Å². The van der Waals surface area contributed by atoms with E-state index in [1.54, 1.807) is 11.8 Å². The molecule has 0 spiro atoms. The zero-order chi connectivity index (χ0) is 25.8. The molecule has 7 heteroatoms. The lowest BCUT2D eigenvalue weighted by Gasteiger charge is -2.36. The molecule has 1 unspecified atom stereocenters. The van der Waals surface area contributed by atoms with Crippen LogP contribution in [0.4, 0.5) is 16.2 Å². The molecule has 1 aromatic carbocycles. The summed E-state index contributed by atoms with van der Waals surface area (Å²) in [6, 6.07) is 7.94. The van der Waals surface area contributed by atoms with Gasteiger partial charge in [0.15, 0.2) is 0 Å². The molecule has 2 rings (SSSR count). The van der Waals surface area contributed by atoms with Crippen molar-refractivity contribution in [3.8, 4) is 0 Å². The van der Waals surface area contributed by atoms with Gasteiger partial charge in [-0.2, -0.15) is 0 Å². The molecule has 1 aromatic rings. The number of aliphatic hydroxyl groups excluding tert-OH is 1. The van der Waals surface area contributed by atoms with E-state index in [1.807, 2.05) is 79.7 Å². The molecule has 1 fully saturated rings. The number of carbonyl (C=O) groups is 1. The number of hydrogen-bond donors (Lipinski definition) is 3. The van der Waals surface area contributed by atoms with Crippen LogP contribution in [0.15, 0.2) is 36.4 Å². The molecule has 1 saturated heterocycles. The summed E-state index contributed by atoms with van der Waals surface area (Å²) in [7, 11) is 0. The molecule has 0 saturated carbocycles. The summed E-state index contributed by atoms with van der Waals surface area (Å²) < 4.78 is 5.41. The van der Waals surface area contributed by atoms with Crippen LogP contribution in [-0.2, 0) is 4.74 Å². The van der Waals surface area contributed by atoms with Gasteiger partial charge in [0.05, 0.1) is 0 Å². The van der Waals surface area contributed by atoms with Crippen LogP contribution >= 0.6 is 0 Å². The molecule has 7 nitrogen and oxygen atoms in total. The van der Waals surface area contributed by atoms with E-state index in [1.165, 1.54) is 0 Å². The second-order valence-electron chi connectivity index (χ2n) is 9.94. The predicted octanol–water partition coefficient (Wildman–Crippen LogP) is 5.21. The Bertz CT molecular complexity index is 696. The number of amides is 1. The fourth-order valence-corrected chi connectivity index (χ4v) is 3.26. The van der Waals surface area contributed by atoms with Gasteiger partial charge < -0.3 is 30.7 Å². The van der Waals surface area contributed by atoms with Gasteiger partial charge in [0.25, 0.3) is 0 Å². The van der Waals surface area contributed by atoms with E-state index in [9.17, 15) is 9.90 Å². The van der Waals surface area contributed by atoms with E-state index in [2.05, 4.69) is 16.8 Å². The van der Waals surface area contributed by atoms with Gasteiger partial charge in [-0.1, -0.05) is 19.4 Å². The maximum Gasteiger partial charge on any atom is 0.410 e. The van der Waals surface area contributed by atoms with Crippen molar-refractivity contribution in [1.29, 1.82) is 0 Å². The molecule has 0 aliphatic carbocycles. The molecule has 0 aromatic heterocycles. The first kappa shape index (κ1) is 30.8. The Morgan fingerprint density at radius 1 is 1.12 bits per heavy atom. The van der Waals surface area contributed by atoms with Crippen molar-refractivity contribution in [2.75, 3.05) is 36.4 Å². The summed E-state index contributed by atoms with van der Waals surface area (Å²) in [4.78, 5) is 16.1. The maximum atomic E-state index is 12.1. The zero-order valence-corrected chi connectivity index (χ0v) is 22.4. The van der Waals surface area contributed by atoms with E-state index in [0.29, 0.717) is 13.1 Å². The van der Waals surface area contributed by atoms with Gasteiger partial charge >= 0.3 is 6.09 Å². The lowest BCUT2D eigenvalue weighted by Crippen LogP contribution is -2.50. The number of ether oxygens (including phenoxy) is 1. The summed E-state index contributed by atoms with van der Waals surface area (Å²) in [5.74, 6) is 0. The first-order valence-electron chi connectivity index (χ1n) is 11.9. The summed E-state index contributed by atoms with van der Waals surface area (Å²) in [5, 5.41) is 12.3. The van der Waals surface area contributed by atoms with E-state index < -0.39 is 11.8 Å². The number of piperazine rings is 1. The normalized spacial score (nSPS) is 14.8. The zero-order valence-electron chi connectivity index (χ0n) is 22.4. The highest BCUT2D eigenvalue weighted by molar-refractivity contribution is 5.68. The largest absolute Gasteiger partial charge is 0.444 e. The first-order valence-corrected chi connectivity index (χ1v) is 11.9. The average molecular weight is 465 g/mol. The molecule has 4 N–H and O–H groups in total. The van der Waals surface area contributed by atoms with Gasteiger partial charge in [0, 0.05) is 43.1 Å². The number of benzene rings is 1. The Morgan fingerprint density at radius 2 is 1.61 bits per heavy atom. The molecule has 1 aliphatic rings. The van der Waals surface area contributed by atoms with Crippen molar-refractivity contribution >= 4 is 17.5 Å². The van der Waals surface area contributed by atoms with Gasteiger partial charge in [-0.15, -0.1) is 6.58 Å². The van der Waals surface area contributed by atoms with E-state index in [0.717, 1.165) is 36.5 Å². The van der Waals surface area contributed by atoms with Crippen molar-refractivity contribution in [3.63, 3.8) is 0 Å². The van der Waals surface area contributed by atoms with Crippen molar-refractivity contribution < 1.29 is 14.6 Å². The number of anilines is 2. The van der Waals surface area contributed by atoms with Crippen LogP contribution < -0.4 is 16.0 Å². The molecule has 1 heterocycles. The number of rotatable bonds is 5. The Morgan fingerprint density at radius 3 is 1.94 bits per heavy atom. The number of carbonyl (C=O) groups excluding carboxylic acids is 1. The molecule has 1 amide bonds. The molecular weight excluding hydrogens is 416 g/mol. The molecule has 33 heavy (non-hydrogen) atoms. The third kappa shape index (κ3) is 14.5. The maximum absolute atomic E-state index is 12.1. The van der Waals surface area contributed by atoms with Gasteiger partial charge in [-0.25, -0.2) is 4.79 Å². The second kappa shape index (κ2) is 14.1. The van der Waals surface area contributed by atoms with Crippen LogP contribution in [0.5, 0.6) is 0 Å². The summed E-state index contributed by atoms with van der Waals surface area (Å²) in [6.07, 6.45) is 0.0966. The van der Waals surface area contributed by atoms with Crippen molar-refractivity contribution in [1.82, 2.24) is 4.90 Å². The Balaban J connectivity index is 0.000000868. The fraction of sp³-hybridized carbons (Fsp3) is 0.654. The monoisotopic (exact) mass is 464 g/mol. The number of hydrogen-bond acceptors (Lipinski definition) is 6. The van der Waals surface area contributed by atoms with E-state index in [-0.39, 0.29) is 11.6 Å². The third-order valence-corrected chi connectivity index (χ3v) is 4.30. The lowest BCUT2D eigenvalue weighted by molar-refractivity contribution is 0.0240. The highest BCUT2D eigenvalue weighted by atomic mass is 16.6. The van der Waals surface area contributed by atoms with Gasteiger partial charge in [-0.05, 0) is 79.2 Å². The number of nitrogens with one attached hydrogen (secondary N) is 1. The molecule has 1 atom stereocenters. The van der Waals surface area contributed by atoms with Gasteiger partial charge in [0.1, 0.15) is 11.8 Å². The van der Waals surface area contributed by atoms with Gasteiger partial charge in [0.2, 0.25) is 0 Å². The molecule has 0 bridgehead atoms. The van der Waals surface area contributed by atoms with Crippen LogP contribution in [0.25, 0.3) is 0 Å². The van der Waals surface area contributed by atoms with E-state index in [4.69, 9.17) is 10.5 Å². The summed E-state index contributed by atoms with van der Waals surface area (Å²) in [6.45, 7) is 24.0. The summed E-state index contributed by atoms with van der Waals surface area (Å²) in [5.41, 5.74) is 8.29. The molecule has 190 valence electrons. The van der Waals surface area contributed by atoms with E-state index >= 15 is 0 Å². The lowest BCUT2D eigenvalue weighted by atomic mass is 9.98. The Hall–Kier alpha value is -2.25. The van der Waals surface area contributed by atoms with Crippen LogP contribution in [-0.4, -0.2) is 59.6 Å². The first-order chi connectivity index (χ1) is 15.2. The van der Waals surface area contributed by atoms with Crippen molar-refractivity contribution in [2.45, 2.75) is 86.1 Å². The number of nitrogens with zero attached hydrogens (tertiary/aromatic N) is 2. The molecule has 1 aliphatic heterocycles. The molecular formula is C26H48N4O3. The predicted molar refractivity (Wildman–Crippen MR) is 141 cm³/mol. The van der Waals surface area contributed by atoms with Crippen LogP contribution in [0, 0.1) is 0 Å². The van der Waals surface area contributed by atoms with Crippen LogP contribution in [0.3, 0.4) is 0 Å². The number of nitrogens with two attached hydrogens (primary N) is 1. The van der Waals surface area contributed by atoms with Gasteiger partial charge in [-0.3, -0.25) is 0 Å². The minimum atomic E-state index is -0.571. The molecule has 0 radical (unpaired) electrons. The Kier molecular flexibility index (Phi) is 13.1. The van der Waals surface area contributed by atoms with Crippen LogP contribution in [0.1, 0.15) is 68.7 Å². The quantitative estimate of drug-likeness (QED) is 0.409. The standard InChI is InChI=1S/C17H27N3O3.C7H15N.C2H6/c1-13(21)18-14-5-7-15(8-6-14)19-9-11-20(12-10-19)16(22)23-17(2,3)4;1-6(2)5-7(3,4)8;1-2/h5-8,13,18,21H,9-12H2,1-4H3;1,5,8H2,2-4H3;1-2H3. The third-order valence-electron chi connectivity index (χ3n) is 4.30. The SMILES string of the molecule is C=C(C)CC(C)(C)N.CC.CC(O)Nc1ccc(N2CCN(C(=O)OC(C)(C)C)CC2)cc1. The second-order valence-corrected chi connectivity index (χ2v) is 9.94. The summed E-state index contributed by atoms with van der Waals surface area (Å²) >= 11 is 0. The topological polar surface area (TPSA) is 91.1 Å². The smallest absolute Gasteiger partial charge is 0.410 e. The average Bonchev–Trinajstić information content (AvgIpc) is 2.67. The minimum Gasteiger partial charge on any atom is -0.444 e. The highest BCUT2D eigenvalue weighted by Crippen LogP contribution is 2.20. The number of aliphatic hydroxyl groups is 1. The minimum absolute atomic E-state index is 0.0775. The van der Waals surface area contributed by atoms with Crippen LogP contribution in [0.2, 0.25) is 0 Å². The highest BCUT2D eigenvalue weighted by Gasteiger charge is 2.25. The van der Waals surface area contributed by atoms with Crippen molar-refractivity contribution in [2.24, 2.45) is 5.73 Å². The fourth-order valence-electron chi connectivity index (χ4n) is 3.26. The Labute approximate surface area is 202 Å².